The Balaban J connectivity index is 1.52. The summed E-state index contributed by atoms with van der Waals surface area (Å²) in [6.07, 6.45) is -1.52. The van der Waals surface area contributed by atoms with Crippen molar-refractivity contribution in [3.63, 3.8) is 0 Å². The minimum atomic E-state index is -4.94. The molecule has 3 rings (SSSR count). The monoisotopic (exact) mass is 486 g/mol. The summed E-state index contributed by atoms with van der Waals surface area (Å²) in [4.78, 5) is 27.8. The number of hydrogen-bond donors (Lipinski definition) is 2. The molecule has 2 N–H and O–H groups in total. The summed E-state index contributed by atoms with van der Waals surface area (Å²) in [5, 5.41) is 5.10. The molecule has 33 heavy (non-hydrogen) atoms. The molecule has 0 spiro atoms. The number of alkyl halides is 3. The van der Waals surface area contributed by atoms with Crippen LogP contribution in [0.15, 0.2) is 53.7 Å². The number of rotatable bonds is 7. The SMILES string of the molecule is O=C(CNC(=O)C1CCN(S(=O)(=O)c2cccc(OC(F)(F)F)c2)CC1)Nc1cccnc1. The van der Waals surface area contributed by atoms with Gasteiger partial charge in [0.05, 0.1) is 23.3 Å². The van der Waals surface area contributed by atoms with Crippen LogP contribution in [0.4, 0.5) is 18.9 Å². The molecule has 9 nitrogen and oxygen atoms in total. The molecule has 1 aromatic heterocycles. The van der Waals surface area contributed by atoms with E-state index in [4.69, 9.17) is 0 Å². The molecular formula is C20H21F3N4O5S. The fraction of sp³-hybridized carbons (Fsp3) is 0.350. The lowest BCUT2D eigenvalue weighted by Gasteiger charge is -2.30. The quantitative estimate of drug-likeness (QED) is 0.619. The average molecular weight is 486 g/mol. The third-order valence-corrected chi connectivity index (χ3v) is 6.76. The predicted octanol–water partition coefficient (Wildman–Crippen LogP) is 2.14. The topological polar surface area (TPSA) is 118 Å². The van der Waals surface area contributed by atoms with Crippen LogP contribution in [0, 0.1) is 5.92 Å². The van der Waals surface area contributed by atoms with E-state index >= 15 is 0 Å². The minimum absolute atomic E-state index is 0.00660. The minimum Gasteiger partial charge on any atom is -0.406 e. The number of anilines is 1. The van der Waals surface area contributed by atoms with E-state index in [0.29, 0.717) is 5.69 Å². The van der Waals surface area contributed by atoms with Gasteiger partial charge in [-0.05, 0) is 37.1 Å². The molecule has 1 aliphatic heterocycles. The van der Waals surface area contributed by atoms with Gasteiger partial charge in [-0.2, -0.15) is 4.31 Å². The summed E-state index contributed by atoms with van der Waals surface area (Å²) in [7, 11) is -4.07. The van der Waals surface area contributed by atoms with Gasteiger partial charge >= 0.3 is 6.36 Å². The number of amides is 2. The predicted molar refractivity (Wildman–Crippen MR) is 110 cm³/mol. The number of nitrogens with zero attached hydrogens (tertiary/aromatic N) is 2. The number of hydrogen-bond acceptors (Lipinski definition) is 6. The second kappa shape index (κ2) is 10.2. The summed E-state index contributed by atoms with van der Waals surface area (Å²) in [5.74, 6) is -1.95. The summed E-state index contributed by atoms with van der Waals surface area (Å²) >= 11 is 0. The molecule has 1 fully saturated rings. The van der Waals surface area contributed by atoms with E-state index in [2.05, 4.69) is 20.4 Å². The van der Waals surface area contributed by atoms with Gasteiger partial charge in [0.15, 0.2) is 0 Å². The molecule has 2 aromatic rings. The largest absolute Gasteiger partial charge is 0.573 e. The van der Waals surface area contributed by atoms with Crippen LogP contribution in [0.1, 0.15) is 12.8 Å². The maximum absolute atomic E-state index is 12.8. The molecule has 0 saturated carbocycles. The highest BCUT2D eigenvalue weighted by Gasteiger charge is 2.34. The second-order valence-electron chi connectivity index (χ2n) is 7.21. The zero-order valence-corrected chi connectivity index (χ0v) is 18.0. The van der Waals surface area contributed by atoms with Crippen LogP contribution in [0.25, 0.3) is 0 Å². The number of ether oxygens (including phenoxy) is 1. The zero-order chi connectivity index (χ0) is 24.1. The Bertz CT molecular complexity index is 1090. The van der Waals surface area contributed by atoms with Crippen LogP contribution >= 0.6 is 0 Å². The number of nitrogens with one attached hydrogen (secondary N) is 2. The first-order valence-corrected chi connectivity index (χ1v) is 11.3. The lowest BCUT2D eigenvalue weighted by atomic mass is 9.97. The summed E-state index contributed by atoms with van der Waals surface area (Å²) in [5.41, 5.74) is 0.486. The van der Waals surface area contributed by atoms with Gasteiger partial charge < -0.3 is 15.4 Å². The second-order valence-corrected chi connectivity index (χ2v) is 9.15. The van der Waals surface area contributed by atoms with Gasteiger partial charge in [0.1, 0.15) is 5.75 Å². The number of pyridine rings is 1. The lowest BCUT2D eigenvalue weighted by molar-refractivity contribution is -0.274. The highest BCUT2D eigenvalue weighted by atomic mass is 32.2. The number of carbonyl (C=O) groups excluding carboxylic acids is 2. The highest BCUT2D eigenvalue weighted by Crippen LogP contribution is 2.28. The van der Waals surface area contributed by atoms with Crippen molar-refractivity contribution in [3.8, 4) is 5.75 Å². The molecule has 0 atom stereocenters. The molecule has 178 valence electrons. The van der Waals surface area contributed by atoms with E-state index in [1.54, 1.807) is 18.3 Å². The van der Waals surface area contributed by atoms with Crippen molar-refractivity contribution in [2.24, 2.45) is 5.92 Å². The van der Waals surface area contributed by atoms with Gasteiger partial charge in [0, 0.05) is 31.3 Å². The molecule has 2 amide bonds. The third kappa shape index (κ3) is 6.89. The Morgan fingerprint density at radius 3 is 2.52 bits per heavy atom. The maximum Gasteiger partial charge on any atom is 0.573 e. The van der Waals surface area contributed by atoms with Gasteiger partial charge in [-0.1, -0.05) is 6.07 Å². The third-order valence-electron chi connectivity index (χ3n) is 4.87. The average Bonchev–Trinajstić information content (AvgIpc) is 2.77. The van der Waals surface area contributed by atoms with Crippen molar-refractivity contribution in [2.75, 3.05) is 25.0 Å². The van der Waals surface area contributed by atoms with E-state index in [9.17, 15) is 31.2 Å². The zero-order valence-electron chi connectivity index (χ0n) is 17.2. The summed E-state index contributed by atoms with van der Waals surface area (Å²) in [6.45, 7) is -0.239. The molecule has 1 aliphatic rings. The Kier molecular flexibility index (Phi) is 7.53. The Morgan fingerprint density at radius 1 is 1.15 bits per heavy atom. The van der Waals surface area contributed by atoms with Gasteiger partial charge in [-0.25, -0.2) is 8.42 Å². The summed E-state index contributed by atoms with van der Waals surface area (Å²) in [6, 6.07) is 7.45. The van der Waals surface area contributed by atoms with Crippen molar-refractivity contribution < 1.29 is 35.9 Å². The first-order chi connectivity index (χ1) is 15.5. The Hall–Kier alpha value is -3.19. The molecule has 1 saturated heterocycles. The molecule has 2 heterocycles. The standard InChI is InChI=1S/C20H21F3N4O5S/c21-20(22,23)32-16-4-1-5-17(11-16)33(30,31)27-9-6-14(7-10-27)19(29)25-13-18(28)26-15-3-2-8-24-12-15/h1-5,8,11-12,14H,6-7,9-10,13H2,(H,25,29)(H,26,28). The number of carbonyl (C=O) groups is 2. The van der Waals surface area contributed by atoms with Gasteiger partial charge in [0.25, 0.3) is 0 Å². The molecule has 1 aromatic carbocycles. The molecule has 13 heteroatoms. The van der Waals surface area contributed by atoms with Crippen LogP contribution < -0.4 is 15.4 Å². The van der Waals surface area contributed by atoms with E-state index in [0.717, 1.165) is 22.5 Å². The first-order valence-electron chi connectivity index (χ1n) is 9.88. The van der Waals surface area contributed by atoms with Crippen molar-refractivity contribution in [1.82, 2.24) is 14.6 Å². The van der Waals surface area contributed by atoms with Crippen LogP contribution in [0.5, 0.6) is 5.75 Å². The molecule has 0 bridgehead atoms. The van der Waals surface area contributed by atoms with Crippen molar-refractivity contribution in [3.05, 3.63) is 48.8 Å². The van der Waals surface area contributed by atoms with Gasteiger partial charge in [0.2, 0.25) is 21.8 Å². The van der Waals surface area contributed by atoms with Gasteiger partial charge in [-0.15, -0.1) is 13.2 Å². The van der Waals surface area contributed by atoms with Gasteiger partial charge in [-0.3, -0.25) is 14.6 Å². The summed E-state index contributed by atoms with van der Waals surface area (Å²) < 4.78 is 67.7. The lowest BCUT2D eigenvalue weighted by Crippen LogP contribution is -2.44. The van der Waals surface area contributed by atoms with E-state index in [1.807, 2.05) is 0 Å². The molecule has 0 aliphatic carbocycles. The number of halogens is 3. The van der Waals surface area contributed by atoms with Crippen LogP contribution in [0.3, 0.4) is 0 Å². The highest BCUT2D eigenvalue weighted by molar-refractivity contribution is 7.89. The normalized spacial score (nSPS) is 15.6. The fourth-order valence-electron chi connectivity index (χ4n) is 3.29. The smallest absolute Gasteiger partial charge is 0.406 e. The van der Waals surface area contributed by atoms with Crippen molar-refractivity contribution >= 4 is 27.5 Å². The number of aromatic nitrogens is 1. The van der Waals surface area contributed by atoms with Crippen LogP contribution in [-0.2, 0) is 19.6 Å². The Labute approximate surface area is 188 Å². The number of piperidine rings is 1. The van der Waals surface area contributed by atoms with E-state index in [-0.39, 0.29) is 43.3 Å². The maximum atomic E-state index is 12.8. The van der Waals surface area contributed by atoms with Crippen molar-refractivity contribution in [2.45, 2.75) is 24.1 Å². The first kappa shape index (κ1) is 24.5. The molecular weight excluding hydrogens is 465 g/mol. The van der Waals surface area contributed by atoms with Crippen LogP contribution in [-0.4, -0.2) is 55.5 Å². The van der Waals surface area contributed by atoms with Crippen molar-refractivity contribution in [1.29, 1.82) is 0 Å². The van der Waals surface area contributed by atoms with E-state index < -0.39 is 34.0 Å². The van der Waals surface area contributed by atoms with E-state index in [1.165, 1.54) is 12.3 Å². The number of sulfonamides is 1. The van der Waals surface area contributed by atoms with Crippen LogP contribution in [0.2, 0.25) is 0 Å². The fourth-order valence-corrected chi connectivity index (χ4v) is 4.80. The molecule has 0 unspecified atom stereocenters. The number of benzene rings is 1. The Morgan fingerprint density at radius 2 is 1.88 bits per heavy atom. The molecule has 0 radical (unpaired) electrons.